The molecule has 0 heteroatoms. The first-order chi connectivity index (χ1) is 4.73. The van der Waals surface area contributed by atoms with E-state index in [9.17, 15) is 0 Å². The topological polar surface area (TPSA) is 0 Å². The Hall–Kier alpha value is -0.260. The molecule has 0 heterocycles. The SMILES string of the molecule is C/C=C1\C[C@]1(C)CCCC. The lowest BCUT2D eigenvalue weighted by molar-refractivity contribution is 0.512. The molecule has 58 valence electrons. The van der Waals surface area contributed by atoms with Gasteiger partial charge in [0.05, 0.1) is 0 Å². The molecule has 0 aromatic carbocycles. The zero-order valence-corrected chi connectivity index (χ0v) is 7.41. The average Bonchev–Trinajstić information content (AvgIpc) is 2.59. The van der Waals surface area contributed by atoms with E-state index >= 15 is 0 Å². The number of rotatable bonds is 3. The van der Waals surface area contributed by atoms with E-state index < -0.39 is 0 Å². The predicted octanol–water partition coefficient (Wildman–Crippen LogP) is 3.53. The third-order valence-corrected chi connectivity index (χ3v) is 2.66. The molecule has 1 aliphatic carbocycles. The Morgan fingerprint density at radius 1 is 1.60 bits per heavy atom. The van der Waals surface area contributed by atoms with Crippen molar-refractivity contribution in [3.8, 4) is 0 Å². The third kappa shape index (κ3) is 1.42. The molecule has 0 amide bonds. The summed E-state index contributed by atoms with van der Waals surface area (Å²) in [5.41, 5.74) is 2.31. The van der Waals surface area contributed by atoms with Gasteiger partial charge in [-0.3, -0.25) is 0 Å². The lowest BCUT2D eigenvalue weighted by Crippen LogP contribution is -1.91. The fourth-order valence-corrected chi connectivity index (χ4v) is 1.64. The molecule has 0 spiro atoms. The predicted molar refractivity (Wildman–Crippen MR) is 46.0 cm³/mol. The lowest BCUT2D eigenvalue weighted by Gasteiger charge is -2.04. The van der Waals surface area contributed by atoms with E-state index in [1.807, 2.05) is 0 Å². The Morgan fingerprint density at radius 3 is 2.70 bits per heavy atom. The van der Waals surface area contributed by atoms with Crippen LogP contribution in [0.15, 0.2) is 11.6 Å². The van der Waals surface area contributed by atoms with Crippen LogP contribution in [0, 0.1) is 5.41 Å². The van der Waals surface area contributed by atoms with Crippen LogP contribution in [0.25, 0.3) is 0 Å². The minimum Gasteiger partial charge on any atom is -0.0879 e. The fraction of sp³-hybridized carbons (Fsp3) is 0.800. The molecule has 0 N–H and O–H groups in total. The van der Waals surface area contributed by atoms with Crippen LogP contribution in [0.4, 0.5) is 0 Å². The van der Waals surface area contributed by atoms with Gasteiger partial charge < -0.3 is 0 Å². The summed E-state index contributed by atoms with van der Waals surface area (Å²) in [5.74, 6) is 0. The molecule has 10 heavy (non-hydrogen) atoms. The summed E-state index contributed by atoms with van der Waals surface area (Å²) >= 11 is 0. The maximum Gasteiger partial charge on any atom is -0.00788 e. The van der Waals surface area contributed by atoms with Crippen molar-refractivity contribution in [3.05, 3.63) is 11.6 Å². The van der Waals surface area contributed by atoms with Crippen molar-refractivity contribution in [2.45, 2.75) is 46.5 Å². The van der Waals surface area contributed by atoms with E-state index in [1.165, 1.54) is 25.7 Å². The van der Waals surface area contributed by atoms with E-state index in [1.54, 1.807) is 5.57 Å². The smallest absolute Gasteiger partial charge is 0.00788 e. The highest BCUT2D eigenvalue weighted by Crippen LogP contribution is 2.54. The van der Waals surface area contributed by atoms with Crippen molar-refractivity contribution < 1.29 is 0 Å². The number of unbranched alkanes of at least 4 members (excludes halogenated alkanes) is 1. The zero-order chi connectivity index (χ0) is 7.61. The van der Waals surface area contributed by atoms with Gasteiger partial charge in [0.1, 0.15) is 0 Å². The Morgan fingerprint density at radius 2 is 2.30 bits per heavy atom. The first-order valence-electron chi connectivity index (χ1n) is 4.38. The summed E-state index contributed by atoms with van der Waals surface area (Å²) in [4.78, 5) is 0. The third-order valence-electron chi connectivity index (χ3n) is 2.66. The van der Waals surface area contributed by atoms with Gasteiger partial charge in [-0.05, 0) is 25.2 Å². The van der Waals surface area contributed by atoms with Gasteiger partial charge in [-0.15, -0.1) is 0 Å². The van der Waals surface area contributed by atoms with Crippen molar-refractivity contribution in [2.75, 3.05) is 0 Å². The van der Waals surface area contributed by atoms with Crippen LogP contribution in [-0.2, 0) is 0 Å². The monoisotopic (exact) mass is 138 g/mol. The molecule has 0 radical (unpaired) electrons. The van der Waals surface area contributed by atoms with Crippen LogP contribution in [0.1, 0.15) is 46.5 Å². The molecule has 0 aromatic heterocycles. The van der Waals surface area contributed by atoms with Gasteiger partial charge in [-0.25, -0.2) is 0 Å². The van der Waals surface area contributed by atoms with E-state index in [0.29, 0.717) is 5.41 Å². The molecule has 0 bridgehead atoms. The van der Waals surface area contributed by atoms with Gasteiger partial charge in [0, 0.05) is 0 Å². The Labute approximate surface area is 64.3 Å². The second-order valence-corrected chi connectivity index (χ2v) is 3.65. The number of hydrogen-bond donors (Lipinski definition) is 0. The molecule has 1 rings (SSSR count). The molecular weight excluding hydrogens is 120 g/mol. The van der Waals surface area contributed by atoms with Gasteiger partial charge >= 0.3 is 0 Å². The summed E-state index contributed by atoms with van der Waals surface area (Å²) in [7, 11) is 0. The molecule has 0 saturated heterocycles. The van der Waals surface area contributed by atoms with Gasteiger partial charge in [-0.1, -0.05) is 38.3 Å². The molecule has 1 aliphatic rings. The highest BCUT2D eigenvalue weighted by molar-refractivity contribution is 5.30. The molecule has 1 saturated carbocycles. The zero-order valence-electron chi connectivity index (χ0n) is 7.41. The summed E-state index contributed by atoms with van der Waals surface area (Å²) in [6, 6.07) is 0. The minimum atomic E-state index is 0.630. The van der Waals surface area contributed by atoms with E-state index in [2.05, 4.69) is 26.8 Å². The fourth-order valence-electron chi connectivity index (χ4n) is 1.64. The second kappa shape index (κ2) is 2.77. The summed E-state index contributed by atoms with van der Waals surface area (Å²) in [5, 5.41) is 0. The summed E-state index contributed by atoms with van der Waals surface area (Å²) in [6.07, 6.45) is 7.79. The van der Waals surface area contributed by atoms with E-state index in [-0.39, 0.29) is 0 Å². The first kappa shape index (κ1) is 7.84. The maximum atomic E-state index is 2.39. The lowest BCUT2D eigenvalue weighted by atomic mass is 10.0. The number of allylic oxidation sites excluding steroid dienone is 2. The normalized spacial score (nSPS) is 34.9. The van der Waals surface area contributed by atoms with Gasteiger partial charge in [0.15, 0.2) is 0 Å². The molecule has 0 aromatic rings. The number of hydrogen-bond acceptors (Lipinski definition) is 0. The van der Waals surface area contributed by atoms with Crippen molar-refractivity contribution in [3.63, 3.8) is 0 Å². The standard InChI is InChI=1S/C10H18/c1-4-6-7-10(3)8-9(10)5-2/h5H,4,6-8H2,1-3H3/b9-5+/t10-/m0/s1. The van der Waals surface area contributed by atoms with Crippen molar-refractivity contribution >= 4 is 0 Å². The molecule has 0 unspecified atom stereocenters. The first-order valence-corrected chi connectivity index (χ1v) is 4.38. The molecule has 1 fully saturated rings. The minimum absolute atomic E-state index is 0.630. The van der Waals surface area contributed by atoms with Crippen LogP contribution < -0.4 is 0 Å². The average molecular weight is 138 g/mol. The molecule has 0 aliphatic heterocycles. The van der Waals surface area contributed by atoms with Crippen LogP contribution >= 0.6 is 0 Å². The Balaban J connectivity index is 2.29. The van der Waals surface area contributed by atoms with E-state index in [4.69, 9.17) is 0 Å². The molecule has 1 atom stereocenters. The van der Waals surface area contributed by atoms with Gasteiger partial charge in [-0.2, -0.15) is 0 Å². The Kier molecular flexibility index (Phi) is 2.18. The van der Waals surface area contributed by atoms with Gasteiger partial charge in [0.2, 0.25) is 0 Å². The van der Waals surface area contributed by atoms with E-state index in [0.717, 1.165) is 0 Å². The van der Waals surface area contributed by atoms with Crippen molar-refractivity contribution in [2.24, 2.45) is 5.41 Å². The largest absolute Gasteiger partial charge is 0.0879 e. The highest BCUT2D eigenvalue weighted by Gasteiger charge is 2.41. The summed E-state index contributed by atoms with van der Waals surface area (Å²) in [6.45, 7) is 6.81. The molecular formula is C10H18. The second-order valence-electron chi connectivity index (χ2n) is 3.65. The van der Waals surface area contributed by atoms with Crippen LogP contribution in [0.3, 0.4) is 0 Å². The van der Waals surface area contributed by atoms with Crippen molar-refractivity contribution in [1.82, 2.24) is 0 Å². The quantitative estimate of drug-likeness (QED) is 0.523. The highest BCUT2D eigenvalue weighted by atomic mass is 14.5. The maximum absolute atomic E-state index is 2.39. The van der Waals surface area contributed by atoms with Crippen LogP contribution in [0.5, 0.6) is 0 Å². The molecule has 0 nitrogen and oxygen atoms in total. The summed E-state index contributed by atoms with van der Waals surface area (Å²) < 4.78 is 0. The Bertz CT molecular complexity index is 144. The van der Waals surface area contributed by atoms with Gasteiger partial charge in [0.25, 0.3) is 0 Å². The van der Waals surface area contributed by atoms with Crippen LogP contribution in [-0.4, -0.2) is 0 Å². The van der Waals surface area contributed by atoms with Crippen molar-refractivity contribution in [1.29, 1.82) is 0 Å². The van der Waals surface area contributed by atoms with Crippen LogP contribution in [0.2, 0.25) is 0 Å².